The third kappa shape index (κ3) is 4.83. The van der Waals surface area contributed by atoms with Crippen molar-refractivity contribution in [3.05, 3.63) is 54.1 Å². The van der Waals surface area contributed by atoms with Crippen molar-refractivity contribution < 1.29 is 0 Å². The van der Waals surface area contributed by atoms with Crippen molar-refractivity contribution in [3.63, 3.8) is 0 Å². The molecule has 0 fully saturated rings. The molecule has 4 nitrogen and oxygen atoms in total. The lowest BCUT2D eigenvalue weighted by atomic mass is 10.1. The minimum Gasteiger partial charge on any atom is -0.373 e. The van der Waals surface area contributed by atoms with Crippen LogP contribution in [0.3, 0.4) is 0 Å². The van der Waals surface area contributed by atoms with Gasteiger partial charge in [-0.2, -0.15) is 0 Å². The first kappa shape index (κ1) is 15.4. The molecule has 0 atom stereocenters. The fraction of sp³-hybridized carbons (Fsp3) is 0.412. The van der Waals surface area contributed by atoms with Crippen LogP contribution in [-0.2, 0) is 13.0 Å². The topological polar surface area (TPSA) is 41.1 Å². The molecule has 0 amide bonds. The molecule has 0 aliphatic carbocycles. The Morgan fingerprint density at radius 2 is 1.86 bits per heavy atom. The summed E-state index contributed by atoms with van der Waals surface area (Å²) in [5, 5.41) is 3.46. The molecule has 0 unspecified atom stereocenters. The van der Waals surface area contributed by atoms with Crippen LogP contribution in [0.4, 0.5) is 5.69 Å². The van der Waals surface area contributed by atoms with E-state index in [0.29, 0.717) is 0 Å². The lowest BCUT2D eigenvalue weighted by molar-refractivity contribution is 0.673. The summed E-state index contributed by atoms with van der Waals surface area (Å²) in [4.78, 5) is 10.6. The third-order valence-electron chi connectivity index (χ3n) is 3.53. The molecular weight excluding hydrogens is 260 g/mol. The summed E-state index contributed by atoms with van der Waals surface area (Å²) in [5.41, 5.74) is 3.82. The van der Waals surface area contributed by atoms with Crippen LogP contribution in [0.1, 0.15) is 24.5 Å². The predicted molar refractivity (Wildman–Crippen MR) is 87.4 cm³/mol. The second kappa shape index (κ2) is 8.37. The number of nitrogens with zero attached hydrogens (tertiary/aromatic N) is 3. The van der Waals surface area contributed by atoms with Gasteiger partial charge in [-0.25, -0.2) is 0 Å². The van der Waals surface area contributed by atoms with Gasteiger partial charge in [-0.3, -0.25) is 9.97 Å². The van der Waals surface area contributed by atoms with Gasteiger partial charge in [-0.1, -0.05) is 6.92 Å². The summed E-state index contributed by atoms with van der Waals surface area (Å²) in [6.45, 7) is 5.09. The van der Waals surface area contributed by atoms with Gasteiger partial charge in [0.1, 0.15) is 0 Å². The molecule has 0 saturated carbocycles. The number of rotatable bonds is 8. The Balaban J connectivity index is 1.96. The van der Waals surface area contributed by atoms with Gasteiger partial charge in [-0.05, 0) is 48.7 Å². The van der Waals surface area contributed by atoms with Crippen LogP contribution in [0, 0.1) is 0 Å². The van der Waals surface area contributed by atoms with Crippen LogP contribution < -0.4 is 10.2 Å². The Labute approximate surface area is 127 Å². The van der Waals surface area contributed by atoms with Gasteiger partial charge in [0.15, 0.2) is 0 Å². The average molecular weight is 284 g/mol. The highest BCUT2D eigenvalue weighted by Crippen LogP contribution is 2.18. The minimum atomic E-state index is 0.894. The van der Waals surface area contributed by atoms with Crippen molar-refractivity contribution in [3.8, 4) is 0 Å². The van der Waals surface area contributed by atoms with E-state index in [2.05, 4.69) is 52.4 Å². The zero-order chi connectivity index (χ0) is 14.9. The zero-order valence-corrected chi connectivity index (χ0v) is 12.9. The molecule has 2 aromatic heterocycles. The number of aromatic nitrogens is 2. The SMILES string of the molecule is CCCNCc1ccncc1N(C)CCc1ccncc1. The van der Waals surface area contributed by atoms with Gasteiger partial charge < -0.3 is 10.2 Å². The van der Waals surface area contributed by atoms with E-state index in [-0.39, 0.29) is 0 Å². The van der Waals surface area contributed by atoms with Crippen LogP contribution in [-0.4, -0.2) is 30.1 Å². The van der Waals surface area contributed by atoms with Crippen molar-refractivity contribution in [2.75, 3.05) is 25.0 Å². The highest BCUT2D eigenvalue weighted by molar-refractivity contribution is 5.51. The number of hydrogen-bond acceptors (Lipinski definition) is 4. The highest BCUT2D eigenvalue weighted by atomic mass is 15.1. The number of pyridine rings is 2. The lowest BCUT2D eigenvalue weighted by Gasteiger charge is -2.22. The summed E-state index contributed by atoms with van der Waals surface area (Å²) < 4.78 is 0. The Bertz CT molecular complexity index is 527. The maximum Gasteiger partial charge on any atom is 0.0595 e. The molecule has 4 heteroatoms. The number of nitrogens with one attached hydrogen (secondary N) is 1. The maximum atomic E-state index is 4.27. The summed E-state index contributed by atoms with van der Waals surface area (Å²) in [5.74, 6) is 0. The summed E-state index contributed by atoms with van der Waals surface area (Å²) in [6.07, 6.45) is 9.67. The van der Waals surface area contributed by atoms with E-state index >= 15 is 0 Å². The van der Waals surface area contributed by atoms with E-state index in [1.165, 1.54) is 16.8 Å². The molecule has 21 heavy (non-hydrogen) atoms. The van der Waals surface area contributed by atoms with Gasteiger partial charge in [0, 0.05) is 38.7 Å². The Hall–Kier alpha value is -1.94. The van der Waals surface area contributed by atoms with E-state index in [4.69, 9.17) is 0 Å². The van der Waals surface area contributed by atoms with E-state index in [0.717, 1.165) is 32.5 Å². The van der Waals surface area contributed by atoms with Gasteiger partial charge >= 0.3 is 0 Å². The monoisotopic (exact) mass is 284 g/mol. The first-order valence-electron chi connectivity index (χ1n) is 7.55. The molecule has 112 valence electrons. The fourth-order valence-electron chi connectivity index (χ4n) is 2.27. The van der Waals surface area contributed by atoms with Gasteiger partial charge in [0.05, 0.1) is 11.9 Å². The third-order valence-corrected chi connectivity index (χ3v) is 3.53. The van der Waals surface area contributed by atoms with E-state index < -0.39 is 0 Å². The van der Waals surface area contributed by atoms with Crippen molar-refractivity contribution in [2.45, 2.75) is 26.3 Å². The molecule has 0 aliphatic heterocycles. The second-order valence-corrected chi connectivity index (χ2v) is 5.21. The number of hydrogen-bond donors (Lipinski definition) is 1. The molecular formula is C17H24N4. The molecule has 0 spiro atoms. The Morgan fingerprint density at radius 1 is 1.10 bits per heavy atom. The molecule has 2 heterocycles. The van der Waals surface area contributed by atoms with Crippen LogP contribution in [0.15, 0.2) is 43.0 Å². The molecule has 0 saturated heterocycles. The van der Waals surface area contributed by atoms with E-state index in [1.807, 2.05) is 24.8 Å². The van der Waals surface area contributed by atoms with Crippen LogP contribution in [0.25, 0.3) is 0 Å². The maximum absolute atomic E-state index is 4.27. The molecule has 0 aliphatic rings. The first-order valence-corrected chi connectivity index (χ1v) is 7.55. The normalized spacial score (nSPS) is 10.6. The Morgan fingerprint density at radius 3 is 2.62 bits per heavy atom. The molecule has 0 bridgehead atoms. The lowest BCUT2D eigenvalue weighted by Crippen LogP contribution is -2.23. The van der Waals surface area contributed by atoms with Gasteiger partial charge in [0.2, 0.25) is 0 Å². The summed E-state index contributed by atoms with van der Waals surface area (Å²) in [6, 6.07) is 6.24. The van der Waals surface area contributed by atoms with Crippen molar-refractivity contribution in [1.29, 1.82) is 0 Å². The van der Waals surface area contributed by atoms with Crippen LogP contribution in [0.2, 0.25) is 0 Å². The molecule has 2 rings (SSSR count). The van der Waals surface area contributed by atoms with Gasteiger partial charge in [0.25, 0.3) is 0 Å². The zero-order valence-electron chi connectivity index (χ0n) is 12.9. The standard InChI is InChI=1S/C17H24N4/c1-3-8-19-13-16-6-11-20-14-17(16)21(2)12-7-15-4-9-18-10-5-15/h4-6,9-11,14,19H,3,7-8,12-13H2,1-2H3. The van der Waals surface area contributed by atoms with E-state index in [9.17, 15) is 0 Å². The van der Waals surface area contributed by atoms with Crippen molar-refractivity contribution in [1.82, 2.24) is 15.3 Å². The van der Waals surface area contributed by atoms with Crippen LogP contribution >= 0.6 is 0 Å². The molecule has 1 N–H and O–H groups in total. The Kier molecular flexibility index (Phi) is 6.16. The largest absolute Gasteiger partial charge is 0.373 e. The fourth-order valence-corrected chi connectivity index (χ4v) is 2.27. The van der Waals surface area contributed by atoms with Crippen molar-refractivity contribution in [2.24, 2.45) is 0 Å². The molecule has 0 radical (unpaired) electrons. The smallest absolute Gasteiger partial charge is 0.0595 e. The minimum absolute atomic E-state index is 0.894. The van der Waals surface area contributed by atoms with Crippen LogP contribution in [0.5, 0.6) is 0 Å². The number of likely N-dealkylation sites (N-methyl/N-ethyl adjacent to an activating group) is 1. The predicted octanol–water partition coefficient (Wildman–Crippen LogP) is 2.66. The average Bonchev–Trinajstić information content (AvgIpc) is 2.54. The summed E-state index contributed by atoms with van der Waals surface area (Å²) >= 11 is 0. The van der Waals surface area contributed by atoms with E-state index in [1.54, 1.807) is 0 Å². The molecule has 2 aromatic rings. The first-order chi connectivity index (χ1) is 10.3. The number of anilines is 1. The van der Waals surface area contributed by atoms with Crippen molar-refractivity contribution >= 4 is 5.69 Å². The second-order valence-electron chi connectivity index (χ2n) is 5.21. The quantitative estimate of drug-likeness (QED) is 0.757. The van der Waals surface area contributed by atoms with Gasteiger partial charge in [-0.15, -0.1) is 0 Å². The summed E-state index contributed by atoms with van der Waals surface area (Å²) in [7, 11) is 2.13. The highest BCUT2D eigenvalue weighted by Gasteiger charge is 2.07. The molecule has 0 aromatic carbocycles.